The van der Waals surface area contributed by atoms with Crippen molar-refractivity contribution in [1.29, 1.82) is 0 Å². The standard InChI is InChI=1S/C18H17F6NO2/c1-27-15-7-3-6-14(9-15)25(11-16(26)18(22,23)24)10-12-4-2-5-13(8-12)17(19,20)21/h2-9,16,26H,10-11H2,1H3. The predicted octanol–water partition coefficient (Wildman–Crippen LogP) is 4.64. The van der Waals surface area contributed by atoms with Crippen molar-refractivity contribution >= 4 is 5.69 Å². The van der Waals surface area contributed by atoms with E-state index in [-0.39, 0.29) is 17.8 Å². The van der Waals surface area contributed by atoms with Gasteiger partial charge >= 0.3 is 12.4 Å². The molecule has 2 aromatic carbocycles. The third-order valence-corrected chi connectivity index (χ3v) is 3.82. The van der Waals surface area contributed by atoms with Gasteiger partial charge in [0, 0.05) is 18.3 Å². The molecule has 2 rings (SSSR count). The maximum atomic E-state index is 12.9. The highest BCUT2D eigenvalue weighted by Crippen LogP contribution is 2.31. The Kier molecular flexibility index (Phi) is 6.25. The summed E-state index contributed by atoms with van der Waals surface area (Å²) in [7, 11) is 1.38. The van der Waals surface area contributed by atoms with Crippen LogP contribution in [0.4, 0.5) is 32.0 Å². The zero-order chi connectivity index (χ0) is 20.2. The van der Waals surface area contributed by atoms with Gasteiger partial charge in [-0.25, -0.2) is 0 Å². The van der Waals surface area contributed by atoms with Gasteiger partial charge in [0.15, 0.2) is 6.10 Å². The average molecular weight is 393 g/mol. The predicted molar refractivity (Wildman–Crippen MR) is 87.5 cm³/mol. The fraction of sp³-hybridized carbons (Fsp3) is 0.333. The van der Waals surface area contributed by atoms with E-state index in [1.54, 1.807) is 6.07 Å². The highest BCUT2D eigenvalue weighted by Gasteiger charge is 2.39. The van der Waals surface area contributed by atoms with E-state index in [1.165, 1.54) is 37.4 Å². The van der Waals surface area contributed by atoms with E-state index in [9.17, 15) is 31.4 Å². The molecule has 0 radical (unpaired) electrons. The molecule has 0 heterocycles. The van der Waals surface area contributed by atoms with E-state index in [0.29, 0.717) is 5.75 Å². The van der Waals surface area contributed by atoms with Crippen molar-refractivity contribution < 1.29 is 36.2 Å². The first-order valence-electron chi connectivity index (χ1n) is 7.80. The molecule has 0 aliphatic carbocycles. The molecular weight excluding hydrogens is 376 g/mol. The summed E-state index contributed by atoms with van der Waals surface area (Å²) in [4.78, 5) is 1.15. The maximum Gasteiger partial charge on any atom is 0.416 e. The number of aliphatic hydroxyl groups excluding tert-OH is 1. The number of hydrogen-bond acceptors (Lipinski definition) is 3. The Morgan fingerprint density at radius 2 is 1.67 bits per heavy atom. The molecule has 1 atom stereocenters. The highest BCUT2D eigenvalue weighted by molar-refractivity contribution is 5.51. The fourth-order valence-corrected chi connectivity index (χ4v) is 2.45. The molecule has 3 nitrogen and oxygen atoms in total. The second kappa shape index (κ2) is 8.08. The number of nitrogens with zero attached hydrogens (tertiary/aromatic N) is 1. The summed E-state index contributed by atoms with van der Waals surface area (Å²) in [5.74, 6) is 0.364. The number of ether oxygens (including phenoxy) is 1. The highest BCUT2D eigenvalue weighted by atomic mass is 19.4. The maximum absolute atomic E-state index is 12.9. The van der Waals surface area contributed by atoms with Crippen molar-refractivity contribution in [3.63, 3.8) is 0 Å². The molecule has 0 saturated heterocycles. The number of alkyl halides is 6. The average Bonchev–Trinajstić information content (AvgIpc) is 2.60. The fourth-order valence-electron chi connectivity index (χ4n) is 2.45. The molecule has 0 aliphatic rings. The van der Waals surface area contributed by atoms with Gasteiger partial charge in [0.25, 0.3) is 0 Å². The van der Waals surface area contributed by atoms with Gasteiger partial charge in [0.05, 0.1) is 19.2 Å². The van der Waals surface area contributed by atoms with Crippen LogP contribution in [0.5, 0.6) is 5.75 Å². The molecule has 0 amide bonds. The number of aliphatic hydroxyl groups is 1. The number of benzene rings is 2. The van der Waals surface area contributed by atoms with Gasteiger partial charge in [-0.1, -0.05) is 18.2 Å². The molecule has 27 heavy (non-hydrogen) atoms. The Bertz CT molecular complexity index is 760. The monoisotopic (exact) mass is 393 g/mol. The first kappa shape index (κ1) is 20.9. The molecule has 0 bridgehead atoms. The van der Waals surface area contributed by atoms with Crippen LogP contribution in [0.15, 0.2) is 48.5 Å². The topological polar surface area (TPSA) is 32.7 Å². The minimum absolute atomic E-state index is 0.155. The van der Waals surface area contributed by atoms with E-state index in [2.05, 4.69) is 0 Å². The van der Waals surface area contributed by atoms with Crippen LogP contribution in [0, 0.1) is 0 Å². The molecule has 2 aromatic rings. The molecular formula is C18H17F6NO2. The van der Waals surface area contributed by atoms with Gasteiger partial charge in [-0.15, -0.1) is 0 Å². The first-order valence-corrected chi connectivity index (χ1v) is 7.80. The molecule has 0 fully saturated rings. The Hall–Kier alpha value is -2.42. The van der Waals surface area contributed by atoms with Crippen molar-refractivity contribution in [2.24, 2.45) is 0 Å². The van der Waals surface area contributed by atoms with Gasteiger partial charge in [-0.3, -0.25) is 0 Å². The Labute approximate surface area is 151 Å². The summed E-state index contributed by atoms with van der Waals surface area (Å²) in [6, 6.07) is 10.3. The molecule has 0 aromatic heterocycles. The van der Waals surface area contributed by atoms with Gasteiger partial charge < -0.3 is 14.7 Å². The second-order valence-electron chi connectivity index (χ2n) is 5.84. The summed E-state index contributed by atoms with van der Waals surface area (Å²) >= 11 is 0. The third kappa shape index (κ3) is 5.78. The van der Waals surface area contributed by atoms with E-state index in [0.717, 1.165) is 17.0 Å². The summed E-state index contributed by atoms with van der Waals surface area (Å²) in [5.41, 5.74) is -0.473. The largest absolute Gasteiger partial charge is 0.497 e. The van der Waals surface area contributed by atoms with Crippen molar-refractivity contribution in [3.05, 3.63) is 59.7 Å². The minimum Gasteiger partial charge on any atom is -0.497 e. The van der Waals surface area contributed by atoms with Crippen molar-refractivity contribution in [2.75, 3.05) is 18.6 Å². The quantitative estimate of drug-likeness (QED) is 0.726. The SMILES string of the molecule is COc1cccc(N(Cc2cccc(C(F)(F)F)c2)CC(O)C(F)(F)F)c1. The molecule has 0 saturated carbocycles. The van der Waals surface area contributed by atoms with Crippen LogP contribution in [0.1, 0.15) is 11.1 Å². The third-order valence-electron chi connectivity index (χ3n) is 3.82. The Balaban J connectivity index is 2.35. The summed E-state index contributed by atoms with van der Waals surface area (Å²) in [6.45, 7) is -1.10. The van der Waals surface area contributed by atoms with E-state index >= 15 is 0 Å². The summed E-state index contributed by atoms with van der Waals surface area (Å²) < 4.78 is 82.0. The number of halogens is 6. The lowest BCUT2D eigenvalue weighted by Gasteiger charge is -2.29. The van der Waals surface area contributed by atoms with Crippen LogP contribution in [0.2, 0.25) is 0 Å². The van der Waals surface area contributed by atoms with Gasteiger partial charge in [0.2, 0.25) is 0 Å². The van der Waals surface area contributed by atoms with Crippen molar-refractivity contribution in [1.82, 2.24) is 0 Å². The molecule has 0 spiro atoms. The zero-order valence-corrected chi connectivity index (χ0v) is 14.2. The summed E-state index contributed by atoms with van der Waals surface area (Å²) in [6.07, 6.45) is -12.1. The minimum atomic E-state index is -4.86. The Morgan fingerprint density at radius 3 is 2.26 bits per heavy atom. The molecule has 148 valence electrons. The number of rotatable bonds is 6. The number of hydrogen-bond donors (Lipinski definition) is 1. The lowest BCUT2D eigenvalue weighted by atomic mass is 10.1. The number of methoxy groups -OCH3 is 1. The van der Waals surface area contributed by atoms with E-state index in [1.807, 2.05) is 0 Å². The van der Waals surface area contributed by atoms with Crippen LogP contribution < -0.4 is 9.64 Å². The lowest BCUT2D eigenvalue weighted by molar-refractivity contribution is -0.200. The zero-order valence-electron chi connectivity index (χ0n) is 14.2. The van der Waals surface area contributed by atoms with Crippen LogP contribution >= 0.6 is 0 Å². The van der Waals surface area contributed by atoms with Crippen molar-refractivity contribution in [2.45, 2.75) is 25.0 Å². The van der Waals surface area contributed by atoms with Gasteiger partial charge in [-0.2, -0.15) is 26.3 Å². The normalized spacial score (nSPS) is 13.3. The lowest BCUT2D eigenvalue weighted by Crippen LogP contribution is -2.40. The van der Waals surface area contributed by atoms with Crippen LogP contribution in [0.25, 0.3) is 0 Å². The van der Waals surface area contributed by atoms with Crippen LogP contribution in [-0.4, -0.2) is 31.0 Å². The Morgan fingerprint density at radius 1 is 1.00 bits per heavy atom. The van der Waals surface area contributed by atoms with Crippen molar-refractivity contribution in [3.8, 4) is 5.75 Å². The molecule has 1 unspecified atom stereocenters. The smallest absolute Gasteiger partial charge is 0.416 e. The second-order valence-corrected chi connectivity index (χ2v) is 5.84. The van der Waals surface area contributed by atoms with Crippen LogP contribution in [-0.2, 0) is 12.7 Å². The molecule has 0 aliphatic heterocycles. The van der Waals surface area contributed by atoms with Gasteiger partial charge in [0.1, 0.15) is 5.75 Å². The van der Waals surface area contributed by atoms with E-state index < -0.39 is 30.6 Å². The number of anilines is 1. The molecule has 1 N–H and O–H groups in total. The summed E-state index contributed by atoms with van der Waals surface area (Å²) in [5, 5.41) is 9.43. The van der Waals surface area contributed by atoms with E-state index in [4.69, 9.17) is 4.74 Å². The van der Waals surface area contributed by atoms with Crippen LogP contribution in [0.3, 0.4) is 0 Å². The van der Waals surface area contributed by atoms with Gasteiger partial charge in [-0.05, 0) is 29.8 Å². The molecule has 9 heteroatoms. The first-order chi connectivity index (χ1) is 12.5.